The van der Waals surface area contributed by atoms with Gasteiger partial charge in [0.15, 0.2) is 0 Å². The third-order valence-corrected chi connectivity index (χ3v) is 4.28. The van der Waals surface area contributed by atoms with E-state index in [2.05, 4.69) is 6.92 Å². The Bertz CT molecular complexity index is 635. The van der Waals surface area contributed by atoms with Gasteiger partial charge >= 0.3 is 0 Å². The van der Waals surface area contributed by atoms with Gasteiger partial charge in [0.25, 0.3) is 5.24 Å². The Balaban J connectivity index is 1.93. The lowest BCUT2D eigenvalue weighted by Gasteiger charge is -2.12. The standard InChI is InChI=1S/C21H25ClO2/c1-2-3-4-5-6-9-16-24-20-11-8-7-10-19(20)17-12-14-18(15-13-17)21(22)23/h7-8,10-15H,2-6,9,16H2,1H3. The number of benzene rings is 2. The molecule has 0 radical (unpaired) electrons. The van der Waals surface area contributed by atoms with Gasteiger partial charge in [-0.1, -0.05) is 69.4 Å². The van der Waals surface area contributed by atoms with Gasteiger partial charge in [0.05, 0.1) is 6.61 Å². The first kappa shape index (κ1) is 18.5. The monoisotopic (exact) mass is 344 g/mol. The molecule has 0 N–H and O–H groups in total. The fourth-order valence-electron chi connectivity index (χ4n) is 2.68. The Labute approximate surface area is 149 Å². The van der Waals surface area contributed by atoms with E-state index in [4.69, 9.17) is 16.3 Å². The summed E-state index contributed by atoms with van der Waals surface area (Å²) in [6, 6.07) is 15.3. The molecule has 0 unspecified atom stereocenters. The second kappa shape index (κ2) is 10.1. The Morgan fingerprint density at radius 3 is 2.29 bits per heavy atom. The van der Waals surface area contributed by atoms with Crippen LogP contribution in [-0.2, 0) is 0 Å². The van der Waals surface area contributed by atoms with E-state index in [1.54, 1.807) is 12.1 Å². The molecule has 0 aliphatic carbocycles. The third-order valence-electron chi connectivity index (χ3n) is 4.07. The molecule has 0 amide bonds. The zero-order chi connectivity index (χ0) is 17.2. The first-order chi connectivity index (χ1) is 11.7. The topological polar surface area (TPSA) is 26.3 Å². The molecule has 0 heterocycles. The molecule has 0 saturated heterocycles. The molecular formula is C21H25ClO2. The van der Waals surface area contributed by atoms with E-state index in [9.17, 15) is 4.79 Å². The van der Waals surface area contributed by atoms with E-state index in [-0.39, 0.29) is 0 Å². The lowest BCUT2D eigenvalue weighted by Crippen LogP contribution is -1.99. The summed E-state index contributed by atoms with van der Waals surface area (Å²) in [4.78, 5) is 11.2. The maximum atomic E-state index is 11.2. The van der Waals surface area contributed by atoms with Gasteiger partial charge in [-0.15, -0.1) is 0 Å². The van der Waals surface area contributed by atoms with Crippen molar-refractivity contribution in [3.63, 3.8) is 0 Å². The van der Waals surface area contributed by atoms with E-state index in [1.807, 2.05) is 36.4 Å². The highest BCUT2D eigenvalue weighted by atomic mass is 35.5. The molecule has 0 aliphatic rings. The molecule has 128 valence electrons. The van der Waals surface area contributed by atoms with Gasteiger partial charge in [0, 0.05) is 11.1 Å². The summed E-state index contributed by atoms with van der Waals surface area (Å²) in [7, 11) is 0. The highest BCUT2D eigenvalue weighted by Crippen LogP contribution is 2.30. The second-order valence-electron chi connectivity index (χ2n) is 5.96. The van der Waals surface area contributed by atoms with Gasteiger partial charge in [-0.3, -0.25) is 4.79 Å². The van der Waals surface area contributed by atoms with Crippen molar-refractivity contribution >= 4 is 16.8 Å². The number of para-hydroxylation sites is 1. The van der Waals surface area contributed by atoms with Gasteiger partial charge in [0.2, 0.25) is 0 Å². The zero-order valence-electron chi connectivity index (χ0n) is 14.3. The fourth-order valence-corrected chi connectivity index (χ4v) is 2.80. The molecule has 24 heavy (non-hydrogen) atoms. The molecule has 2 aromatic rings. The number of rotatable bonds is 10. The van der Waals surface area contributed by atoms with Gasteiger partial charge in [-0.2, -0.15) is 0 Å². The minimum absolute atomic E-state index is 0.436. The molecule has 0 spiro atoms. The van der Waals surface area contributed by atoms with E-state index < -0.39 is 5.24 Å². The van der Waals surface area contributed by atoms with Crippen LogP contribution in [0.5, 0.6) is 5.75 Å². The van der Waals surface area contributed by atoms with Crippen LogP contribution >= 0.6 is 11.6 Å². The van der Waals surface area contributed by atoms with Crippen LogP contribution < -0.4 is 4.74 Å². The number of carbonyl (C=O) groups is 1. The van der Waals surface area contributed by atoms with Crippen molar-refractivity contribution in [3.8, 4) is 16.9 Å². The lowest BCUT2D eigenvalue weighted by atomic mass is 10.0. The zero-order valence-corrected chi connectivity index (χ0v) is 15.0. The average molecular weight is 345 g/mol. The molecular weight excluding hydrogens is 320 g/mol. The summed E-state index contributed by atoms with van der Waals surface area (Å²) in [6.07, 6.45) is 7.50. The van der Waals surface area contributed by atoms with Crippen molar-refractivity contribution < 1.29 is 9.53 Å². The highest BCUT2D eigenvalue weighted by molar-refractivity contribution is 6.67. The maximum Gasteiger partial charge on any atom is 0.252 e. The van der Waals surface area contributed by atoms with E-state index in [0.717, 1.165) is 29.9 Å². The predicted octanol–water partition coefficient (Wildman–Crippen LogP) is 6.47. The van der Waals surface area contributed by atoms with Gasteiger partial charge in [-0.05, 0) is 41.8 Å². The van der Waals surface area contributed by atoms with Crippen LogP contribution in [0.4, 0.5) is 0 Å². The van der Waals surface area contributed by atoms with Crippen molar-refractivity contribution in [1.82, 2.24) is 0 Å². The van der Waals surface area contributed by atoms with E-state index in [1.165, 1.54) is 32.1 Å². The lowest BCUT2D eigenvalue weighted by molar-refractivity contribution is 0.108. The maximum absolute atomic E-state index is 11.2. The molecule has 0 fully saturated rings. The van der Waals surface area contributed by atoms with Crippen LogP contribution in [0.3, 0.4) is 0 Å². The SMILES string of the molecule is CCCCCCCCOc1ccccc1-c1ccc(C(=O)Cl)cc1. The summed E-state index contributed by atoms with van der Waals surface area (Å²) < 4.78 is 5.98. The summed E-state index contributed by atoms with van der Waals surface area (Å²) in [6.45, 7) is 2.97. The number of hydrogen-bond donors (Lipinski definition) is 0. The smallest absolute Gasteiger partial charge is 0.252 e. The second-order valence-corrected chi connectivity index (χ2v) is 6.31. The van der Waals surface area contributed by atoms with E-state index >= 15 is 0 Å². The van der Waals surface area contributed by atoms with Crippen molar-refractivity contribution in [2.24, 2.45) is 0 Å². The quantitative estimate of drug-likeness (QED) is 0.364. The molecule has 0 aliphatic heterocycles. The Morgan fingerprint density at radius 2 is 1.58 bits per heavy atom. The van der Waals surface area contributed by atoms with Gasteiger partial charge < -0.3 is 4.74 Å². The van der Waals surface area contributed by atoms with E-state index in [0.29, 0.717) is 5.56 Å². The number of halogens is 1. The first-order valence-electron chi connectivity index (χ1n) is 8.74. The molecule has 0 saturated carbocycles. The number of carbonyl (C=O) groups excluding carboxylic acids is 1. The normalized spacial score (nSPS) is 10.6. The fraction of sp³-hybridized carbons (Fsp3) is 0.381. The number of ether oxygens (including phenoxy) is 1. The number of unbranched alkanes of at least 4 members (excludes halogenated alkanes) is 5. The summed E-state index contributed by atoms with van der Waals surface area (Å²) in [5, 5.41) is -0.436. The van der Waals surface area contributed by atoms with Crippen LogP contribution in [-0.4, -0.2) is 11.8 Å². The summed E-state index contributed by atoms with van der Waals surface area (Å²) in [5.74, 6) is 0.885. The minimum Gasteiger partial charge on any atom is -0.493 e. The Hall–Kier alpha value is -1.80. The molecule has 0 atom stereocenters. The number of hydrogen-bond acceptors (Lipinski definition) is 2. The third kappa shape index (κ3) is 5.68. The summed E-state index contributed by atoms with van der Waals surface area (Å²) >= 11 is 5.50. The molecule has 0 aromatic heterocycles. The largest absolute Gasteiger partial charge is 0.493 e. The van der Waals surface area contributed by atoms with Gasteiger partial charge in [-0.25, -0.2) is 0 Å². The molecule has 2 aromatic carbocycles. The van der Waals surface area contributed by atoms with Crippen LogP contribution in [0.1, 0.15) is 55.8 Å². The van der Waals surface area contributed by atoms with Crippen molar-refractivity contribution in [1.29, 1.82) is 0 Å². The van der Waals surface area contributed by atoms with Crippen LogP contribution in [0.2, 0.25) is 0 Å². The van der Waals surface area contributed by atoms with Gasteiger partial charge in [0.1, 0.15) is 5.75 Å². The minimum atomic E-state index is -0.436. The predicted molar refractivity (Wildman–Crippen MR) is 101 cm³/mol. The Kier molecular flexibility index (Phi) is 7.84. The summed E-state index contributed by atoms with van der Waals surface area (Å²) in [5.41, 5.74) is 2.57. The van der Waals surface area contributed by atoms with Crippen LogP contribution in [0, 0.1) is 0 Å². The average Bonchev–Trinajstić information content (AvgIpc) is 2.61. The van der Waals surface area contributed by atoms with Crippen molar-refractivity contribution in [2.45, 2.75) is 45.4 Å². The van der Waals surface area contributed by atoms with Crippen LogP contribution in [0.25, 0.3) is 11.1 Å². The molecule has 2 nitrogen and oxygen atoms in total. The molecule has 0 bridgehead atoms. The first-order valence-corrected chi connectivity index (χ1v) is 9.12. The van der Waals surface area contributed by atoms with Crippen molar-refractivity contribution in [2.75, 3.05) is 6.61 Å². The molecule has 3 heteroatoms. The van der Waals surface area contributed by atoms with Crippen molar-refractivity contribution in [3.05, 3.63) is 54.1 Å². The highest BCUT2D eigenvalue weighted by Gasteiger charge is 2.07. The Morgan fingerprint density at radius 1 is 0.917 bits per heavy atom. The van der Waals surface area contributed by atoms with Crippen LogP contribution in [0.15, 0.2) is 48.5 Å². The molecule has 2 rings (SSSR count).